The van der Waals surface area contributed by atoms with Gasteiger partial charge in [-0.2, -0.15) is 0 Å². The van der Waals surface area contributed by atoms with Gasteiger partial charge in [0.1, 0.15) is 11.2 Å². The second kappa shape index (κ2) is 5.37. The summed E-state index contributed by atoms with van der Waals surface area (Å²) in [5, 5.41) is 9.76. The molecule has 0 saturated heterocycles. The minimum absolute atomic E-state index is 0.714. The minimum Gasteiger partial charge on any atom is -0.497 e. The minimum atomic E-state index is -1.07. The SMILES string of the molecule is COc1ccc(C(C)(C(=O)O)c2ccccc2C)cc1. The van der Waals surface area contributed by atoms with Gasteiger partial charge < -0.3 is 9.84 Å². The summed E-state index contributed by atoms with van der Waals surface area (Å²) in [6.45, 7) is 3.67. The Morgan fingerprint density at radius 1 is 1.10 bits per heavy atom. The van der Waals surface area contributed by atoms with Crippen LogP contribution in [0.25, 0.3) is 0 Å². The number of hydrogen-bond donors (Lipinski definition) is 1. The molecule has 3 nitrogen and oxygen atoms in total. The van der Waals surface area contributed by atoms with Crippen molar-refractivity contribution in [2.24, 2.45) is 0 Å². The molecule has 1 unspecified atom stereocenters. The summed E-state index contributed by atoms with van der Waals surface area (Å²) >= 11 is 0. The number of carbonyl (C=O) groups is 1. The average Bonchev–Trinajstić information content (AvgIpc) is 2.47. The number of methoxy groups -OCH3 is 1. The number of ether oxygens (including phenoxy) is 1. The van der Waals surface area contributed by atoms with Crippen molar-refractivity contribution in [3.8, 4) is 5.75 Å². The Balaban J connectivity index is 2.60. The molecule has 1 N–H and O–H groups in total. The molecule has 0 radical (unpaired) electrons. The first-order valence-corrected chi connectivity index (χ1v) is 6.44. The predicted molar refractivity (Wildman–Crippen MR) is 78.3 cm³/mol. The van der Waals surface area contributed by atoms with Crippen LogP contribution in [0.3, 0.4) is 0 Å². The Kier molecular flexibility index (Phi) is 3.79. The molecular formula is C17H18O3. The number of carboxylic acid groups (broad SMARTS) is 1. The van der Waals surface area contributed by atoms with E-state index in [0.29, 0.717) is 5.75 Å². The molecule has 0 spiro atoms. The predicted octanol–water partition coefficient (Wildman–Crippen LogP) is 3.39. The molecule has 0 bridgehead atoms. The fourth-order valence-electron chi connectivity index (χ4n) is 2.45. The van der Waals surface area contributed by atoms with Crippen molar-refractivity contribution in [2.45, 2.75) is 19.3 Å². The van der Waals surface area contributed by atoms with Gasteiger partial charge in [0.2, 0.25) is 0 Å². The average molecular weight is 270 g/mol. The Hall–Kier alpha value is -2.29. The van der Waals surface area contributed by atoms with Crippen LogP contribution in [-0.4, -0.2) is 18.2 Å². The molecule has 0 aliphatic heterocycles. The Labute approximate surface area is 118 Å². The largest absolute Gasteiger partial charge is 0.497 e. The monoisotopic (exact) mass is 270 g/mol. The third-order valence-electron chi connectivity index (χ3n) is 3.78. The maximum absolute atomic E-state index is 11.9. The molecule has 1 atom stereocenters. The molecule has 2 aromatic rings. The standard InChI is InChI=1S/C17H18O3/c1-12-6-4-5-7-15(12)17(2,16(18)19)13-8-10-14(20-3)11-9-13/h4-11H,1-3H3,(H,18,19). The van der Waals surface area contributed by atoms with Crippen LogP contribution in [0.5, 0.6) is 5.75 Å². The van der Waals surface area contributed by atoms with Crippen LogP contribution in [0.15, 0.2) is 48.5 Å². The Bertz CT molecular complexity index is 616. The van der Waals surface area contributed by atoms with Crippen molar-refractivity contribution >= 4 is 5.97 Å². The third-order valence-corrected chi connectivity index (χ3v) is 3.78. The first-order valence-electron chi connectivity index (χ1n) is 6.44. The number of hydrogen-bond acceptors (Lipinski definition) is 2. The van der Waals surface area contributed by atoms with E-state index in [1.54, 1.807) is 38.3 Å². The van der Waals surface area contributed by atoms with E-state index < -0.39 is 11.4 Å². The normalized spacial score (nSPS) is 13.6. The second-order valence-electron chi connectivity index (χ2n) is 4.97. The second-order valence-corrected chi connectivity index (χ2v) is 4.97. The van der Waals surface area contributed by atoms with E-state index >= 15 is 0 Å². The fraction of sp³-hybridized carbons (Fsp3) is 0.235. The molecule has 0 saturated carbocycles. The van der Waals surface area contributed by atoms with Crippen LogP contribution in [0.1, 0.15) is 23.6 Å². The zero-order chi connectivity index (χ0) is 14.8. The summed E-state index contributed by atoms with van der Waals surface area (Å²) in [7, 11) is 1.59. The summed E-state index contributed by atoms with van der Waals surface area (Å²) in [6.07, 6.45) is 0. The third kappa shape index (κ3) is 2.27. The lowest BCUT2D eigenvalue weighted by Crippen LogP contribution is -2.34. The highest BCUT2D eigenvalue weighted by molar-refractivity contribution is 5.86. The van der Waals surface area contributed by atoms with Gasteiger partial charge in [0.15, 0.2) is 0 Å². The van der Waals surface area contributed by atoms with Crippen molar-refractivity contribution in [3.05, 3.63) is 65.2 Å². The highest BCUT2D eigenvalue weighted by atomic mass is 16.5. The highest BCUT2D eigenvalue weighted by Crippen LogP contribution is 2.35. The number of rotatable bonds is 4. The van der Waals surface area contributed by atoms with Gasteiger partial charge in [-0.05, 0) is 42.7 Å². The number of carboxylic acids is 1. The summed E-state index contributed by atoms with van der Waals surface area (Å²) in [6, 6.07) is 14.8. The molecule has 0 fully saturated rings. The molecule has 0 amide bonds. The van der Waals surface area contributed by atoms with Gasteiger partial charge in [0, 0.05) is 0 Å². The summed E-state index contributed by atoms with van der Waals surface area (Å²) < 4.78 is 5.12. The van der Waals surface area contributed by atoms with E-state index in [1.807, 2.05) is 31.2 Å². The lowest BCUT2D eigenvalue weighted by molar-refractivity contribution is -0.141. The molecule has 0 aliphatic carbocycles. The Morgan fingerprint density at radius 2 is 1.70 bits per heavy atom. The van der Waals surface area contributed by atoms with Gasteiger partial charge in [-0.3, -0.25) is 4.79 Å². The van der Waals surface area contributed by atoms with E-state index in [4.69, 9.17) is 4.74 Å². The van der Waals surface area contributed by atoms with Crippen LogP contribution >= 0.6 is 0 Å². The molecule has 2 aromatic carbocycles. The van der Waals surface area contributed by atoms with Crippen LogP contribution < -0.4 is 4.74 Å². The van der Waals surface area contributed by atoms with Crippen molar-refractivity contribution in [1.29, 1.82) is 0 Å². The summed E-state index contributed by atoms with van der Waals surface area (Å²) in [5.74, 6) is -0.150. The van der Waals surface area contributed by atoms with Gasteiger partial charge in [0.25, 0.3) is 0 Å². The lowest BCUT2D eigenvalue weighted by atomic mass is 9.74. The Morgan fingerprint density at radius 3 is 2.20 bits per heavy atom. The van der Waals surface area contributed by atoms with Gasteiger partial charge in [-0.1, -0.05) is 36.4 Å². The van der Waals surface area contributed by atoms with E-state index in [-0.39, 0.29) is 0 Å². The molecule has 0 heterocycles. The lowest BCUT2D eigenvalue weighted by Gasteiger charge is -2.27. The van der Waals surface area contributed by atoms with E-state index in [0.717, 1.165) is 16.7 Å². The van der Waals surface area contributed by atoms with Crippen molar-refractivity contribution in [3.63, 3.8) is 0 Å². The maximum Gasteiger partial charge on any atom is 0.318 e. The first-order chi connectivity index (χ1) is 9.50. The molecule has 2 rings (SSSR count). The van der Waals surface area contributed by atoms with Gasteiger partial charge in [0.05, 0.1) is 7.11 Å². The van der Waals surface area contributed by atoms with Gasteiger partial charge >= 0.3 is 5.97 Å². The smallest absolute Gasteiger partial charge is 0.318 e. The van der Waals surface area contributed by atoms with E-state index in [9.17, 15) is 9.90 Å². The van der Waals surface area contributed by atoms with Crippen LogP contribution in [-0.2, 0) is 10.2 Å². The number of benzene rings is 2. The molecule has 0 aliphatic rings. The van der Waals surface area contributed by atoms with Gasteiger partial charge in [-0.15, -0.1) is 0 Å². The van der Waals surface area contributed by atoms with Crippen LogP contribution in [0.2, 0.25) is 0 Å². The number of aliphatic carboxylic acids is 1. The van der Waals surface area contributed by atoms with Gasteiger partial charge in [-0.25, -0.2) is 0 Å². The van der Waals surface area contributed by atoms with Crippen molar-refractivity contribution < 1.29 is 14.6 Å². The molecule has 0 aromatic heterocycles. The van der Waals surface area contributed by atoms with Crippen molar-refractivity contribution in [2.75, 3.05) is 7.11 Å². The zero-order valence-corrected chi connectivity index (χ0v) is 11.9. The quantitative estimate of drug-likeness (QED) is 0.926. The summed E-state index contributed by atoms with van der Waals surface area (Å²) in [4.78, 5) is 11.9. The number of aryl methyl sites for hydroxylation is 1. The van der Waals surface area contributed by atoms with Crippen LogP contribution in [0.4, 0.5) is 0 Å². The zero-order valence-electron chi connectivity index (χ0n) is 11.9. The molecule has 3 heteroatoms. The molecular weight excluding hydrogens is 252 g/mol. The van der Waals surface area contributed by atoms with E-state index in [1.165, 1.54) is 0 Å². The maximum atomic E-state index is 11.9. The summed E-state index contributed by atoms with van der Waals surface area (Å²) in [5.41, 5.74) is 1.43. The first kappa shape index (κ1) is 14.1. The fourth-order valence-corrected chi connectivity index (χ4v) is 2.45. The van der Waals surface area contributed by atoms with Crippen molar-refractivity contribution in [1.82, 2.24) is 0 Å². The molecule has 20 heavy (non-hydrogen) atoms. The topological polar surface area (TPSA) is 46.5 Å². The van der Waals surface area contributed by atoms with Crippen LogP contribution in [0, 0.1) is 6.92 Å². The van der Waals surface area contributed by atoms with E-state index in [2.05, 4.69) is 0 Å². The molecule has 104 valence electrons. The highest BCUT2D eigenvalue weighted by Gasteiger charge is 2.38.